The molecule has 0 saturated heterocycles. The van der Waals surface area contributed by atoms with E-state index in [1.54, 1.807) is 0 Å². The van der Waals surface area contributed by atoms with Gasteiger partial charge >= 0.3 is 9.06 Å². The Balaban J connectivity index is 4.85. The number of hydrogen-bond donors (Lipinski definition) is 1. The maximum Gasteiger partial charge on any atom is 0.341 e. The van der Waals surface area contributed by atoms with Crippen LogP contribution in [0.3, 0.4) is 0 Å². The molecule has 0 aromatic heterocycles. The summed E-state index contributed by atoms with van der Waals surface area (Å²) in [4.78, 5) is 1.81. The van der Waals surface area contributed by atoms with Crippen LogP contribution in [0.2, 0.25) is 0 Å². The first-order valence-electron chi connectivity index (χ1n) is 1.43. The van der Waals surface area contributed by atoms with Gasteiger partial charge in [0.15, 0.2) is 0 Å². The third kappa shape index (κ3) is 2.42. The molecule has 0 amide bonds. The smallest absolute Gasteiger partial charge is 0.294 e. The van der Waals surface area contributed by atoms with E-state index in [2.05, 4.69) is 4.52 Å². The lowest BCUT2D eigenvalue weighted by atomic mass is 13.0. The van der Waals surface area contributed by atoms with Crippen molar-refractivity contribution >= 4 is 19.2 Å². The van der Waals surface area contributed by atoms with E-state index in [-0.39, 0.29) is 0 Å². The minimum absolute atomic E-state index is 1.81. The van der Waals surface area contributed by atoms with Crippen LogP contribution in [0.1, 0.15) is 0 Å². The van der Waals surface area contributed by atoms with E-state index in [1.807, 2.05) is 4.91 Å². The summed E-state index contributed by atoms with van der Waals surface area (Å²) in [7, 11) is -7.64. The second kappa shape index (κ2) is 2.78. The Kier molecular flexibility index (Phi) is 2.59. The molecular weight excluding hydrogens is 170 g/mol. The summed E-state index contributed by atoms with van der Waals surface area (Å²) in [6.07, 6.45) is 0. The number of azide groups is 1. The van der Waals surface area contributed by atoms with E-state index in [4.69, 9.17) is 10.1 Å². The monoisotopic (exact) mass is 171 g/mol. The van der Waals surface area contributed by atoms with Crippen molar-refractivity contribution in [3.8, 4) is 0 Å². The van der Waals surface area contributed by atoms with Crippen LogP contribution in [0.25, 0.3) is 10.4 Å². The molecule has 0 radical (unpaired) electrons. The van der Waals surface area contributed by atoms with Gasteiger partial charge in [-0.2, -0.15) is 0 Å². The topological polar surface area (TPSA) is 120 Å². The molecule has 9 heteroatoms. The van der Waals surface area contributed by atoms with Gasteiger partial charge in [0.05, 0.1) is 0 Å². The maximum absolute atomic E-state index is 9.96. The lowest BCUT2D eigenvalue weighted by Crippen LogP contribution is -2.00. The van der Waals surface area contributed by atoms with Gasteiger partial charge in [0.1, 0.15) is 0 Å². The molecule has 0 aromatic carbocycles. The van der Waals surface area contributed by atoms with Gasteiger partial charge in [-0.25, -0.2) is 12.6 Å². The SMILES string of the molecule is [N-]=[N+]=NS(=O)(=O)S(=O)O. The van der Waals surface area contributed by atoms with Gasteiger partial charge in [0, 0.05) is 9.43 Å². The first-order valence-corrected chi connectivity index (χ1v) is 4.50. The molecule has 0 fully saturated rings. The van der Waals surface area contributed by atoms with Crippen LogP contribution in [0.15, 0.2) is 4.52 Å². The second-order valence-corrected chi connectivity index (χ2v) is 4.39. The third-order valence-corrected chi connectivity index (χ3v) is 2.23. The molecule has 0 aliphatic heterocycles. The molecule has 0 aliphatic rings. The van der Waals surface area contributed by atoms with Crippen molar-refractivity contribution in [3.63, 3.8) is 0 Å². The van der Waals surface area contributed by atoms with Crippen molar-refractivity contribution in [1.29, 1.82) is 0 Å². The first-order chi connectivity index (χ1) is 4.00. The molecule has 0 saturated carbocycles. The predicted molar refractivity (Wildman–Crippen MR) is 28.8 cm³/mol. The van der Waals surface area contributed by atoms with E-state index in [0.29, 0.717) is 0 Å². The molecule has 52 valence electrons. The zero-order valence-electron chi connectivity index (χ0n) is 3.83. The van der Waals surface area contributed by atoms with E-state index in [9.17, 15) is 12.6 Å². The fourth-order valence-electron chi connectivity index (χ4n) is 0.0732. The van der Waals surface area contributed by atoms with Crippen LogP contribution in [0.5, 0.6) is 0 Å². The first kappa shape index (κ1) is 8.37. The van der Waals surface area contributed by atoms with Gasteiger partial charge < -0.3 is 0 Å². The summed E-state index contributed by atoms with van der Waals surface area (Å²) in [5.41, 5.74) is 7.48. The van der Waals surface area contributed by atoms with Gasteiger partial charge in [-0.15, -0.1) is 0 Å². The maximum atomic E-state index is 9.96. The van der Waals surface area contributed by atoms with Crippen molar-refractivity contribution in [2.45, 2.75) is 0 Å². The van der Waals surface area contributed by atoms with Crippen LogP contribution in [-0.4, -0.2) is 17.2 Å². The minimum atomic E-state index is -4.51. The molecule has 0 spiro atoms. The van der Waals surface area contributed by atoms with Crippen molar-refractivity contribution < 1.29 is 17.2 Å². The van der Waals surface area contributed by atoms with Gasteiger partial charge in [-0.3, -0.25) is 4.55 Å². The Hall–Kier alpha value is -0.630. The highest BCUT2D eigenvalue weighted by molar-refractivity contribution is 8.61. The summed E-state index contributed by atoms with van der Waals surface area (Å²) in [6.45, 7) is 0. The highest BCUT2D eigenvalue weighted by Crippen LogP contribution is 1.95. The average molecular weight is 171 g/mol. The van der Waals surface area contributed by atoms with Gasteiger partial charge in [0.25, 0.3) is 10.1 Å². The van der Waals surface area contributed by atoms with Gasteiger partial charge in [-0.1, -0.05) is 0 Å². The fourth-order valence-corrected chi connectivity index (χ4v) is 0.480. The van der Waals surface area contributed by atoms with Crippen LogP contribution in [0, 0.1) is 0 Å². The molecule has 0 rings (SSSR count). The molecule has 0 bridgehead atoms. The standard InChI is InChI=1S/HN3O4S2/c1-2-3-9(6,7)8(4)5/h(H,4,5). The Morgan fingerprint density at radius 2 is 2.11 bits per heavy atom. The van der Waals surface area contributed by atoms with Gasteiger partial charge in [-0.05, 0) is 5.53 Å². The summed E-state index contributed by atoms with van der Waals surface area (Å²) in [6, 6.07) is 0. The lowest BCUT2D eigenvalue weighted by molar-refractivity contribution is 0.562. The molecule has 0 aromatic rings. The summed E-state index contributed by atoms with van der Waals surface area (Å²) in [5, 5.41) is 0. The summed E-state index contributed by atoms with van der Waals surface area (Å²) < 4.78 is 39.5. The normalized spacial score (nSPS) is 13.9. The fraction of sp³-hybridized carbons (Fsp3) is 0. The molecular formula is HN3O4S2. The Bertz CT molecular complexity index is 248. The summed E-state index contributed by atoms with van der Waals surface area (Å²) in [5.74, 6) is 0. The number of nitrogens with zero attached hydrogens (tertiary/aromatic N) is 3. The predicted octanol–water partition coefficient (Wildman–Crippen LogP) is -0.237. The number of rotatable bonds is 2. The van der Waals surface area contributed by atoms with Crippen LogP contribution in [-0.2, 0) is 19.2 Å². The van der Waals surface area contributed by atoms with Crippen molar-refractivity contribution in [2.24, 2.45) is 4.52 Å². The molecule has 1 unspecified atom stereocenters. The van der Waals surface area contributed by atoms with Crippen LogP contribution in [0.4, 0.5) is 0 Å². The second-order valence-electron chi connectivity index (χ2n) is 0.816. The molecule has 9 heavy (non-hydrogen) atoms. The molecule has 1 N–H and O–H groups in total. The highest BCUT2D eigenvalue weighted by atomic mass is 33.2. The van der Waals surface area contributed by atoms with E-state index in [0.717, 1.165) is 0 Å². The van der Waals surface area contributed by atoms with E-state index < -0.39 is 19.2 Å². The third-order valence-electron chi connectivity index (χ3n) is 0.317. The average Bonchev–Trinajstić information content (AvgIpc) is 1.65. The van der Waals surface area contributed by atoms with E-state index >= 15 is 0 Å². The Labute approximate surface area is 52.0 Å². The molecule has 1 atom stereocenters. The van der Waals surface area contributed by atoms with Crippen molar-refractivity contribution in [2.75, 3.05) is 0 Å². The summed E-state index contributed by atoms with van der Waals surface area (Å²) >= 11 is 0. The largest absolute Gasteiger partial charge is 0.341 e. The molecule has 0 aliphatic carbocycles. The Morgan fingerprint density at radius 1 is 1.67 bits per heavy atom. The van der Waals surface area contributed by atoms with Crippen molar-refractivity contribution in [1.82, 2.24) is 0 Å². The van der Waals surface area contributed by atoms with Crippen LogP contribution >= 0.6 is 0 Å². The number of hydrogen-bond acceptors (Lipinski definition) is 3. The Morgan fingerprint density at radius 3 is 2.22 bits per heavy atom. The van der Waals surface area contributed by atoms with Crippen molar-refractivity contribution in [3.05, 3.63) is 10.4 Å². The van der Waals surface area contributed by atoms with E-state index in [1.165, 1.54) is 0 Å². The molecule has 7 nitrogen and oxygen atoms in total. The zero-order chi connectivity index (χ0) is 7.49. The zero-order valence-corrected chi connectivity index (χ0v) is 5.46. The minimum Gasteiger partial charge on any atom is -0.294 e. The lowest BCUT2D eigenvalue weighted by Gasteiger charge is -1.81. The quantitative estimate of drug-likeness (QED) is 0.202. The highest BCUT2D eigenvalue weighted by Gasteiger charge is 2.14. The van der Waals surface area contributed by atoms with Gasteiger partial charge in [0.2, 0.25) is 0 Å². The molecule has 0 heterocycles. The van der Waals surface area contributed by atoms with Crippen LogP contribution < -0.4 is 0 Å².